The number of rotatable bonds is 8. The van der Waals surface area contributed by atoms with Gasteiger partial charge in [0.25, 0.3) is 0 Å². The molecule has 0 unspecified atom stereocenters. The number of nitrogens with zero attached hydrogens (tertiary/aromatic N) is 1. The summed E-state index contributed by atoms with van der Waals surface area (Å²) in [6.45, 7) is -1.84. The molecule has 2 aromatic rings. The average Bonchev–Trinajstić information content (AvgIpc) is 2.65. The van der Waals surface area contributed by atoms with Crippen LogP contribution < -0.4 is 20.1 Å². The first-order valence-electron chi connectivity index (χ1n) is 8.32. The van der Waals surface area contributed by atoms with Gasteiger partial charge in [0.2, 0.25) is 0 Å². The van der Waals surface area contributed by atoms with Crippen molar-refractivity contribution in [1.82, 2.24) is 10.6 Å². The Morgan fingerprint density at radius 2 is 1.78 bits per heavy atom. The molecule has 0 aliphatic rings. The SMILES string of the molecule is CN=C(NCCc1ccc(Cl)cc1)NCc1ccc(OC)c(OC(F)F)c1. The third-order valence-electron chi connectivity index (χ3n) is 3.75. The molecule has 0 heterocycles. The summed E-state index contributed by atoms with van der Waals surface area (Å²) < 4.78 is 34.5. The molecule has 0 fully saturated rings. The molecule has 27 heavy (non-hydrogen) atoms. The number of halogens is 3. The molecule has 0 aromatic heterocycles. The van der Waals surface area contributed by atoms with Crippen molar-refractivity contribution in [3.05, 3.63) is 58.6 Å². The van der Waals surface area contributed by atoms with Gasteiger partial charge in [0.15, 0.2) is 17.5 Å². The molecule has 0 atom stereocenters. The number of nitrogens with one attached hydrogen (secondary N) is 2. The molecule has 0 amide bonds. The average molecular weight is 398 g/mol. The van der Waals surface area contributed by atoms with E-state index in [9.17, 15) is 8.78 Å². The van der Waals surface area contributed by atoms with Crippen molar-refractivity contribution in [2.24, 2.45) is 4.99 Å². The number of guanidine groups is 1. The predicted molar refractivity (Wildman–Crippen MR) is 103 cm³/mol. The second-order valence-electron chi connectivity index (χ2n) is 5.59. The summed E-state index contributed by atoms with van der Waals surface area (Å²) in [5.74, 6) is 0.859. The van der Waals surface area contributed by atoms with Crippen molar-refractivity contribution < 1.29 is 18.3 Å². The number of ether oxygens (including phenoxy) is 2. The summed E-state index contributed by atoms with van der Waals surface area (Å²) in [6.07, 6.45) is 0.812. The van der Waals surface area contributed by atoms with Crippen molar-refractivity contribution in [2.75, 3.05) is 20.7 Å². The van der Waals surface area contributed by atoms with Gasteiger partial charge >= 0.3 is 6.61 Å². The fraction of sp³-hybridized carbons (Fsp3) is 0.316. The van der Waals surface area contributed by atoms with E-state index in [-0.39, 0.29) is 11.5 Å². The van der Waals surface area contributed by atoms with Crippen molar-refractivity contribution in [3.8, 4) is 11.5 Å². The van der Waals surface area contributed by atoms with Crippen LogP contribution >= 0.6 is 11.6 Å². The zero-order valence-corrected chi connectivity index (χ0v) is 15.9. The van der Waals surface area contributed by atoms with Gasteiger partial charge in [0.1, 0.15) is 0 Å². The van der Waals surface area contributed by atoms with E-state index >= 15 is 0 Å². The molecule has 0 spiro atoms. The van der Waals surface area contributed by atoms with Crippen molar-refractivity contribution in [2.45, 2.75) is 19.6 Å². The molecule has 0 aliphatic carbocycles. The van der Waals surface area contributed by atoms with Crippen LogP contribution in [-0.4, -0.2) is 33.3 Å². The maximum Gasteiger partial charge on any atom is 0.387 e. The zero-order valence-electron chi connectivity index (χ0n) is 15.1. The van der Waals surface area contributed by atoms with Gasteiger partial charge < -0.3 is 20.1 Å². The van der Waals surface area contributed by atoms with Crippen LogP contribution in [0.5, 0.6) is 11.5 Å². The summed E-state index contributed by atoms with van der Waals surface area (Å²) in [7, 11) is 3.06. The van der Waals surface area contributed by atoms with Crippen molar-refractivity contribution in [1.29, 1.82) is 0 Å². The monoisotopic (exact) mass is 397 g/mol. The van der Waals surface area contributed by atoms with E-state index in [1.54, 1.807) is 19.2 Å². The Morgan fingerprint density at radius 3 is 2.41 bits per heavy atom. The third kappa shape index (κ3) is 6.94. The van der Waals surface area contributed by atoms with Crippen LogP contribution in [0.1, 0.15) is 11.1 Å². The smallest absolute Gasteiger partial charge is 0.387 e. The highest BCUT2D eigenvalue weighted by Crippen LogP contribution is 2.29. The minimum absolute atomic E-state index is 0.00233. The summed E-state index contributed by atoms with van der Waals surface area (Å²) in [5.41, 5.74) is 1.92. The molecular formula is C19H22ClF2N3O2. The van der Waals surface area contributed by atoms with Crippen LogP contribution in [0.4, 0.5) is 8.78 Å². The van der Waals surface area contributed by atoms with Gasteiger partial charge in [0, 0.05) is 25.2 Å². The Kier molecular flexibility index (Phi) is 8.13. The first-order valence-corrected chi connectivity index (χ1v) is 8.70. The zero-order chi connectivity index (χ0) is 19.6. The number of benzene rings is 2. The minimum atomic E-state index is -2.91. The second kappa shape index (κ2) is 10.6. The van der Waals surface area contributed by atoms with Gasteiger partial charge in [-0.3, -0.25) is 4.99 Å². The maximum atomic E-state index is 12.5. The van der Waals surface area contributed by atoms with Gasteiger partial charge in [-0.1, -0.05) is 29.8 Å². The number of aliphatic imine (C=N–C) groups is 1. The normalized spacial score (nSPS) is 11.4. The molecule has 2 aromatic carbocycles. The second-order valence-corrected chi connectivity index (χ2v) is 6.03. The third-order valence-corrected chi connectivity index (χ3v) is 4.00. The minimum Gasteiger partial charge on any atom is -0.493 e. The summed E-state index contributed by atoms with van der Waals surface area (Å²) in [6, 6.07) is 12.5. The van der Waals surface area contributed by atoms with Gasteiger partial charge in [-0.05, 0) is 41.8 Å². The van der Waals surface area contributed by atoms with E-state index < -0.39 is 6.61 Å². The highest BCUT2D eigenvalue weighted by molar-refractivity contribution is 6.30. The van der Waals surface area contributed by atoms with Crippen LogP contribution in [0.25, 0.3) is 0 Å². The first kappa shape index (κ1) is 20.8. The predicted octanol–water partition coefficient (Wildman–Crippen LogP) is 3.86. The van der Waals surface area contributed by atoms with E-state index in [0.717, 1.165) is 17.5 Å². The molecule has 0 saturated heterocycles. The lowest BCUT2D eigenvalue weighted by atomic mass is 10.1. The number of hydrogen-bond donors (Lipinski definition) is 2. The van der Waals surface area contributed by atoms with Gasteiger partial charge in [0.05, 0.1) is 7.11 Å². The Morgan fingerprint density at radius 1 is 1.07 bits per heavy atom. The lowest BCUT2D eigenvalue weighted by molar-refractivity contribution is -0.0512. The summed E-state index contributed by atoms with van der Waals surface area (Å²) >= 11 is 5.87. The largest absolute Gasteiger partial charge is 0.493 e. The number of hydrogen-bond acceptors (Lipinski definition) is 3. The standard InChI is InChI=1S/C19H22ClF2N3O2/c1-23-19(24-10-9-13-3-6-15(20)7-4-13)25-12-14-5-8-16(26-2)17(11-14)27-18(21)22/h3-8,11,18H,9-10,12H2,1-2H3,(H2,23,24,25). The molecule has 0 saturated carbocycles. The number of alkyl halides is 2. The van der Waals surface area contributed by atoms with E-state index in [0.29, 0.717) is 24.1 Å². The van der Waals surface area contributed by atoms with E-state index in [4.69, 9.17) is 16.3 Å². The summed E-state index contributed by atoms with van der Waals surface area (Å²) in [5, 5.41) is 7.04. The van der Waals surface area contributed by atoms with Gasteiger partial charge in [-0.15, -0.1) is 0 Å². The van der Waals surface area contributed by atoms with Crippen LogP contribution in [0.15, 0.2) is 47.5 Å². The van der Waals surface area contributed by atoms with Crippen LogP contribution in [0.3, 0.4) is 0 Å². The fourth-order valence-electron chi connectivity index (χ4n) is 2.40. The molecule has 5 nitrogen and oxygen atoms in total. The molecule has 8 heteroatoms. The Labute approximate surface area is 162 Å². The number of methoxy groups -OCH3 is 1. The van der Waals surface area contributed by atoms with Gasteiger partial charge in [-0.2, -0.15) is 8.78 Å². The van der Waals surface area contributed by atoms with Crippen LogP contribution in [0.2, 0.25) is 5.02 Å². The molecular weight excluding hydrogens is 376 g/mol. The molecule has 146 valence electrons. The topological polar surface area (TPSA) is 54.9 Å². The first-order chi connectivity index (χ1) is 13.0. The highest BCUT2D eigenvalue weighted by atomic mass is 35.5. The van der Waals surface area contributed by atoms with Crippen molar-refractivity contribution in [3.63, 3.8) is 0 Å². The Hall–Kier alpha value is -2.54. The highest BCUT2D eigenvalue weighted by Gasteiger charge is 2.11. The lowest BCUT2D eigenvalue weighted by Crippen LogP contribution is -2.37. The molecule has 2 N–H and O–H groups in total. The molecule has 0 radical (unpaired) electrons. The van der Waals surface area contributed by atoms with Gasteiger partial charge in [-0.25, -0.2) is 0 Å². The molecule has 0 bridgehead atoms. The maximum absolute atomic E-state index is 12.5. The van der Waals surface area contributed by atoms with E-state index in [1.807, 2.05) is 24.3 Å². The fourth-order valence-corrected chi connectivity index (χ4v) is 2.53. The Balaban J connectivity index is 1.87. The Bertz CT molecular complexity index is 755. The van der Waals surface area contributed by atoms with E-state index in [2.05, 4.69) is 20.4 Å². The van der Waals surface area contributed by atoms with Crippen LogP contribution in [-0.2, 0) is 13.0 Å². The van der Waals surface area contributed by atoms with Crippen LogP contribution in [0, 0.1) is 0 Å². The summed E-state index contributed by atoms with van der Waals surface area (Å²) in [4.78, 5) is 4.15. The molecule has 2 rings (SSSR count). The van der Waals surface area contributed by atoms with Crippen molar-refractivity contribution >= 4 is 17.6 Å². The quantitative estimate of drug-likeness (QED) is 0.524. The molecule has 0 aliphatic heterocycles. The van der Waals surface area contributed by atoms with E-state index in [1.165, 1.54) is 13.2 Å². The lowest BCUT2D eigenvalue weighted by Gasteiger charge is -2.14.